The van der Waals surface area contributed by atoms with Gasteiger partial charge in [-0.2, -0.15) is 5.10 Å². The molecule has 18 heavy (non-hydrogen) atoms. The highest BCUT2D eigenvalue weighted by atomic mass is 32.1. The van der Waals surface area contributed by atoms with E-state index in [1.54, 1.807) is 0 Å². The fourth-order valence-corrected chi connectivity index (χ4v) is 2.24. The van der Waals surface area contributed by atoms with Crippen molar-refractivity contribution < 1.29 is 0 Å². The smallest absolute Gasteiger partial charge is 0.127 e. The van der Waals surface area contributed by atoms with E-state index in [9.17, 15) is 0 Å². The maximum absolute atomic E-state index is 5.26. The van der Waals surface area contributed by atoms with E-state index in [-0.39, 0.29) is 0 Å². The molecule has 3 rings (SSSR count). The summed E-state index contributed by atoms with van der Waals surface area (Å²) in [6, 6.07) is 10.1. The van der Waals surface area contributed by atoms with Crippen LogP contribution in [0.3, 0.4) is 0 Å². The Morgan fingerprint density at radius 3 is 2.67 bits per heavy atom. The maximum atomic E-state index is 5.26. The highest BCUT2D eigenvalue weighted by Gasteiger charge is 2.07. The molecule has 3 aromatic rings. The van der Waals surface area contributed by atoms with E-state index in [1.807, 2.05) is 43.6 Å². The Bertz CT molecular complexity index is 777. The molecule has 1 N–H and O–H groups in total. The second-order valence-electron chi connectivity index (χ2n) is 4.20. The second kappa shape index (κ2) is 4.31. The van der Waals surface area contributed by atoms with Crippen molar-refractivity contribution in [3.63, 3.8) is 0 Å². The first-order chi connectivity index (χ1) is 8.75. The number of fused-ring (bicyclic) bond motifs is 1. The first-order valence-electron chi connectivity index (χ1n) is 5.65. The molecule has 0 spiro atoms. The molecule has 0 aliphatic rings. The predicted molar refractivity (Wildman–Crippen MR) is 74.9 cm³/mol. The van der Waals surface area contributed by atoms with Gasteiger partial charge in [-0.15, -0.1) is 0 Å². The predicted octanol–water partition coefficient (Wildman–Crippen LogP) is 3.66. The van der Waals surface area contributed by atoms with Crippen LogP contribution in [0.2, 0.25) is 0 Å². The standard InChI is InChI=1S/C14H11N3S/c1-9-6-10(8-15-7-9)13-11-4-2-3-5-12(11)14(18)17-16-13/h2-8H,1H3,(H,17,18). The number of rotatable bonds is 1. The monoisotopic (exact) mass is 253 g/mol. The number of nitrogens with zero attached hydrogens (tertiary/aromatic N) is 2. The first kappa shape index (κ1) is 11.0. The van der Waals surface area contributed by atoms with Crippen LogP contribution in [0.5, 0.6) is 0 Å². The molecule has 0 saturated heterocycles. The van der Waals surface area contributed by atoms with Crippen LogP contribution < -0.4 is 0 Å². The third-order valence-electron chi connectivity index (χ3n) is 2.84. The highest BCUT2D eigenvalue weighted by Crippen LogP contribution is 2.25. The average Bonchev–Trinajstić information content (AvgIpc) is 2.39. The molecule has 2 heterocycles. The van der Waals surface area contributed by atoms with Gasteiger partial charge in [0.25, 0.3) is 0 Å². The molecule has 0 unspecified atom stereocenters. The third kappa shape index (κ3) is 1.80. The zero-order valence-electron chi connectivity index (χ0n) is 9.84. The van der Waals surface area contributed by atoms with Gasteiger partial charge in [0.15, 0.2) is 0 Å². The minimum absolute atomic E-state index is 0.662. The summed E-state index contributed by atoms with van der Waals surface area (Å²) in [6.45, 7) is 2.02. The molecule has 1 aromatic carbocycles. The normalized spacial score (nSPS) is 10.7. The third-order valence-corrected chi connectivity index (χ3v) is 3.16. The minimum Gasteiger partial charge on any atom is -0.267 e. The van der Waals surface area contributed by atoms with E-state index in [1.165, 1.54) is 0 Å². The molecule has 88 valence electrons. The van der Waals surface area contributed by atoms with Gasteiger partial charge >= 0.3 is 0 Å². The Balaban J connectivity index is 2.37. The lowest BCUT2D eigenvalue weighted by atomic mass is 10.1. The molecule has 0 amide bonds. The van der Waals surface area contributed by atoms with Crippen LogP contribution in [0, 0.1) is 11.6 Å². The Morgan fingerprint density at radius 2 is 1.89 bits per heavy atom. The molecule has 0 aliphatic heterocycles. The number of hydrogen-bond acceptors (Lipinski definition) is 3. The van der Waals surface area contributed by atoms with Crippen LogP contribution >= 0.6 is 12.2 Å². The van der Waals surface area contributed by atoms with Crippen molar-refractivity contribution in [1.29, 1.82) is 0 Å². The van der Waals surface area contributed by atoms with Gasteiger partial charge in [0.1, 0.15) is 10.3 Å². The van der Waals surface area contributed by atoms with E-state index < -0.39 is 0 Å². The molecule has 2 aromatic heterocycles. The number of aryl methyl sites for hydroxylation is 1. The van der Waals surface area contributed by atoms with Crippen LogP contribution in [-0.2, 0) is 0 Å². The van der Waals surface area contributed by atoms with Crippen LogP contribution in [0.15, 0.2) is 42.7 Å². The Hall–Kier alpha value is -2.07. The van der Waals surface area contributed by atoms with E-state index in [2.05, 4.69) is 21.2 Å². The number of nitrogens with one attached hydrogen (secondary N) is 1. The Labute approximate surface area is 110 Å². The quantitative estimate of drug-likeness (QED) is 0.673. The van der Waals surface area contributed by atoms with E-state index in [0.717, 1.165) is 27.6 Å². The molecular formula is C14H11N3S. The lowest BCUT2D eigenvalue weighted by Crippen LogP contribution is -1.92. The van der Waals surface area contributed by atoms with Crippen LogP contribution in [0.4, 0.5) is 0 Å². The summed E-state index contributed by atoms with van der Waals surface area (Å²) in [5, 5.41) is 9.31. The number of benzene rings is 1. The summed E-state index contributed by atoms with van der Waals surface area (Å²) in [5.74, 6) is 0. The summed E-state index contributed by atoms with van der Waals surface area (Å²) >= 11 is 5.26. The van der Waals surface area contributed by atoms with Gasteiger partial charge in [0, 0.05) is 28.7 Å². The largest absolute Gasteiger partial charge is 0.267 e. The fraction of sp³-hybridized carbons (Fsp3) is 0.0714. The van der Waals surface area contributed by atoms with Crippen molar-refractivity contribution in [3.05, 3.63) is 52.9 Å². The minimum atomic E-state index is 0.662. The topological polar surface area (TPSA) is 41.6 Å². The summed E-state index contributed by atoms with van der Waals surface area (Å²) < 4.78 is 0.662. The van der Waals surface area contributed by atoms with Crippen molar-refractivity contribution in [1.82, 2.24) is 15.2 Å². The van der Waals surface area contributed by atoms with Crippen molar-refractivity contribution in [2.45, 2.75) is 6.92 Å². The van der Waals surface area contributed by atoms with Crippen LogP contribution in [0.1, 0.15) is 5.56 Å². The van der Waals surface area contributed by atoms with E-state index >= 15 is 0 Å². The van der Waals surface area contributed by atoms with Crippen molar-refractivity contribution >= 4 is 23.0 Å². The second-order valence-corrected chi connectivity index (χ2v) is 4.61. The zero-order chi connectivity index (χ0) is 12.5. The molecule has 0 aliphatic carbocycles. The van der Waals surface area contributed by atoms with Gasteiger partial charge in [-0.3, -0.25) is 10.1 Å². The van der Waals surface area contributed by atoms with Crippen molar-refractivity contribution in [3.8, 4) is 11.3 Å². The van der Waals surface area contributed by atoms with Crippen molar-refractivity contribution in [2.75, 3.05) is 0 Å². The number of H-pyrrole nitrogens is 1. The number of hydrogen-bond donors (Lipinski definition) is 1. The van der Waals surface area contributed by atoms with Gasteiger partial charge in [-0.25, -0.2) is 0 Å². The SMILES string of the molecule is Cc1cncc(-c2n[nH]c(=S)c3ccccc23)c1. The molecule has 4 heteroatoms. The Morgan fingerprint density at radius 1 is 1.11 bits per heavy atom. The van der Waals surface area contributed by atoms with Gasteiger partial charge in [-0.05, 0) is 18.6 Å². The highest BCUT2D eigenvalue weighted by molar-refractivity contribution is 7.71. The van der Waals surface area contributed by atoms with Crippen molar-refractivity contribution in [2.24, 2.45) is 0 Å². The van der Waals surface area contributed by atoms with Gasteiger partial charge in [-0.1, -0.05) is 36.5 Å². The van der Waals surface area contributed by atoms with Crippen LogP contribution in [-0.4, -0.2) is 15.2 Å². The summed E-state index contributed by atoms with van der Waals surface area (Å²) in [6.07, 6.45) is 3.65. The molecule has 0 radical (unpaired) electrons. The molecular weight excluding hydrogens is 242 g/mol. The number of aromatic amines is 1. The zero-order valence-corrected chi connectivity index (χ0v) is 10.7. The molecule has 3 nitrogen and oxygen atoms in total. The number of aromatic nitrogens is 3. The van der Waals surface area contributed by atoms with Gasteiger partial charge < -0.3 is 0 Å². The first-order valence-corrected chi connectivity index (χ1v) is 6.06. The number of pyridine rings is 1. The summed E-state index contributed by atoms with van der Waals surface area (Å²) in [7, 11) is 0. The van der Waals surface area contributed by atoms with E-state index in [4.69, 9.17) is 12.2 Å². The van der Waals surface area contributed by atoms with Crippen LogP contribution in [0.25, 0.3) is 22.0 Å². The molecule has 0 atom stereocenters. The fourth-order valence-electron chi connectivity index (χ4n) is 2.02. The maximum Gasteiger partial charge on any atom is 0.127 e. The lowest BCUT2D eigenvalue weighted by molar-refractivity contribution is 1.04. The van der Waals surface area contributed by atoms with Gasteiger partial charge in [0.05, 0.1) is 0 Å². The Kier molecular flexibility index (Phi) is 2.64. The molecule has 0 fully saturated rings. The van der Waals surface area contributed by atoms with Gasteiger partial charge in [0.2, 0.25) is 0 Å². The average molecular weight is 253 g/mol. The summed E-state index contributed by atoms with van der Waals surface area (Å²) in [5.41, 5.74) is 2.99. The van der Waals surface area contributed by atoms with E-state index in [0.29, 0.717) is 4.64 Å². The lowest BCUT2D eigenvalue weighted by Gasteiger charge is -2.05. The summed E-state index contributed by atoms with van der Waals surface area (Å²) in [4.78, 5) is 4.21. The molecule has 0 bridgehead atoms. The molecule has 0 saturated carbocycles.